The summed E-state index contributed by atoms with van der Waals surface area (Å²) in [6, 6.07) is 0. The molecule has 0 saturated carbocycles. The SMILES string of the molecule is C=C(F)C(=O)N1CC(OC)(c2ncnn2C)C1. The molecule has 1 amide bonds. The molecule has 1 aliphatic heterocycles. The molecule has 1 saturated heterocycles. The molecule has 0 atom stereocenters. The molecule has 92 valence electrons. The molecule has 1 aromatic rings. The lowest BCUT2D eigenvalue weighted by Gasteiger charge is -2.47. The molecular formula is C10H13FN4O2. The van der Waals surface area contributed by atoms with E-state index in [4.69, 9.17) is 4.74 Å². The maximum Gasteiger partial charge on any atom is 0.282 e. The number of carbonyl (C=O) groups excluding carboxylic acids is 1. The minimum atomic E-state index is -0.965. The smallest absolute Gasteiger partial charge is 0.282 e. The molecule has 6 nitrogen and oxygen atoms in total. The normalized spacial score (nSPS) is 17.7. The second-order valence-corrected chi connectivity index (χ2v) is 3.97. The van der Waals surface area contributed by atoms with E-state index in [9.17, 15) is 9.18 Å². The predicted molar refractivity (Wildman–Crippen MR) is 56.5 cm³/mol. The molecule has 0 radical (unpaired) electrons. The van der Waals surface area contributed by atoms with E-state index in [0.29, 0.717) is 5.82 Å². The number of aromatic nitrogens is 3. The van der Waals surface area contributed by atoms with Crippen LogP contribution in [-0.4, -0.2) is 45.8 Å². The molecule has 1 aromatic heterocycles. The van der Waals surface area contributed by atoms with Crippen LogP contribution in [0.3, 0.4) is 0 Å². The Kier molecular flexibility index (Phi) is 2.70. The first-order valence-electron chi connectivity index (χ1n) is 5.03. The van der Waals surface area contributed by atoms with Crippen LogP contribution in [0.25, 0.3) is 0 Å². The Bertz CT molecular complexity index is 465. The number of methoxy groups -OCH3 is 1. The molecule has 0 spiro atoms. The Hall–Kier alpha value is -1.76. The maximum absolute atomic E-state index is 12.7. The maximum atomic E-state index is 12.7. The summed E-state index contributed by atoms with van der Waals surface area (Å²) >= 11 is 0. The van der Waals surface area contributed by atoms with Gasteiger partial charge in [-0.25, -0.2) is 9.37 Å². The average Bonchev–Trinajstić information content (AvgIpc) is 2.64. The topological polar surface area (TPSA) is 60.3 Å². The van der Waals surface area contributed by atoms with Crippen LogP contribution >= 0.6 is 0 Å². The van der Waals surface area contributed by atoms with Crippen LogP contribution in [0.4, 0.5) is 4.39 Å². The van der Waals surface area contributed by atoms with Gasteiger partial charge in [-0.3, -0.25) is 9.48 Å². The second kappa shape index (κ2) is 3.92. The molecule has 0 unspecified atom stereocenters. The van der Waals surface area contributed by atoms with Gasteiger partial charge in [0.25, 0.3) is 5.91 Å². The fraction of sp³-hybridized carbons (Fsp3) is 0.500. The van der Waals surface area contributed by atoms with Crippen molar-refractivity contribution >= 4 is 5.91 Å². The molecule has 7 heteroatoms. The summed E-state index contributed by atoms with van der Waals surface area (Å²) in [4.78, 5) is 16.7. The predicted octanol–water partition coefficient (Wildman–Crippen LogP) is -0.0178. The van der Waals surface area contributed by atoms with E-state index in [1.807, 2.05) is 0 Å². The highest BCUT2D eigenvalue weighted by atomic mass is 19.1. The van der Waals surface area contributed by atoms with Gasteiger partial charge in [-0.05, 0) is 0 Å². The van der Waals surface area contributed by atoms with E-state index >= 15 is 0 Å². The number of carbonyl (C=O) groups is 1. The van der Waals surface area contributed by atoms with Gasteiger partial charge in [0.1, 0.15) is 6.33 Å². The summed E-state index contributed by atoms with van der Waals surface area (Å²) in [6.45, 7) is 3.48. The number of amides is 1. The van der Waals surface area contributed by atoms with Crippen LogP contribution in [0.2, 0.25) is 0 Å². The second-order valence-electron chi connectivity index (χ2n) is 3.97. The number of hydrogen-bond donors (Lipinski definition) is 0. The van der Waals surface area contributed by atoms with Crippen molar-refractivity contribution in [2.75, 3.05) is 20.2 Å². The van der Waals surface area contributed by atoms with Crippen molar-refractivity contribution in [3.05, 3.63) is 24.6 Å². The summed E-state index contributed by atoms with van der Waals surface area (Å²) in [6.07, 6.45) is 1.41. The number of ether oxygens (including phenoxy) is 1. The molecule has 2 rings (SSSR count). The number of aryl methyl sites for hydroxylation is 1. The molecule has 1 fully saturated rings. The van der Waals surface area contributed by atoms with Crippen LogP contribution in [0, 0.1) is 0 Å². The molecular weight excluding hydrogens is 227 g/mol. The first kappa shape index (κ1) is 11.7. The summed E-state index contributed by atoms with van der Waals surface area (Å²) in [7, 11) is 3.27. The van der Waals surface area contributed by atoms with Crippen molar-refractivity contribution in [2.45, 2.75) is 5.60 Å². The first-order chi connectivity index (χ1) is 8.00. The van der Waals surface area contributed by atoms with Crippen LogP contribution in [0.15, 0.2) is 18.7 Å². The lowest BCUT2D eigenvalue weighted by molar-refractivity contribution is -0.165. The van der Waals surface area contributed by atoms with Gasteiger partial charge in [0.15, 0.2) is 17.3 Å². The van der Waals surface area contributed by atoms with Crippen molar-refractivity contribution in [1.82, 2.24) is 19.7 Å². The van der Waals surface area contributed by atoms with Gasteiger partial charge >= 0.3 is 0 Å². The van der Waals surface area contributed by atoms with Crippen molar-refractivity contribution in [2.24, 2.45) is 7.05 Å². The van der Waals surface area contributed by atoms with Crippen LogP contribution in [0.1, 0.15) is 5.82 Å². The molecule has 0 N–H and O–H groups in total. The Morgan fingerprint density at radius 1 is 1.65 bits per heavy atom. The zero-order valence-electron chi connectivity index (χ0n) is 9.68. The average molecular weight is 240 g/mol. The van der Waals surface area contributed by atoms with Crippen molar-refractivity contribution in [3.8, 4) is 0 Å². The van der Waals surface area contributed by atoms with E-state index in [0.717, 1.165) is 0 Å². The summed E-state index contributed by atoms with van der Waals surface area (Å²) in [5.74, 6) is -1.05. The van der Waals surface area contributed by atoms with E-state index < -0.39 is 17.3 Å². The number of likely N-dealkylation sites (tertiary alicyclic amines) is 1. The Morgan fingerprint density at radius 2 is 2.29 bits per heavy atom. The zero-order valence-corrected chi connectivity index (χ0v) is 9.68. The molecule has 17 heavy (non-hydrogen) atoms. The van der Waals surface area contributed by atoms with Gasteiger partial charge in [0, 0.05) is 14.2 Å². The minimum Gasteiger partial charge on any atom is -0.366 e. The zero-order chi connectivity index (χ0) is 12.6. The number of halogens is 1. The van der Waals surface area contributed by atoms with Crippen LogP contribution < -0.4 is 0 Å². The highest BCUT2D eigenvalue weighted by molar-refractivity contribution is 5.91. The summed E-state index contributed by atoms with van der Waals surface area (Å²) < 4.78 is 19.7. The van der Waals surface area contributed by atoms with Gasteiger partial charge in [0.2, 0.25) is 0 Å². The lowest BCUT2D eigenvalue weighted by Crippen LogP contribution is -2.63. The Balaban J connectivity index is 2.16. The van der Waals surface area contributed by atoms with Crippen molar-refractivity contribution in [3.63, 3.8) is 0 Å². The standard InChI is InChI=1S/C10H13FN4O2/c1-7(11)8(16)15-4-10(5-15,17-3)9-12-6-13-14(9)2/h6H,1,4-5H2,2-3H3. The van der Waals surface area contributed by atoms with E-state index in [2.05, 4.69) is 16.7 Å². The molecule has 2 heterocycles. The van der Waals surface area contributed by atoms with Crippen molar-refractivity contribution in [1.29, 1.82) is 0 Å². The fourth-order valence-electron chi connectivity index (χ4n) is 1.96. The van der Waals surface area contributed by atoms with E-state index in [-0.39, 0.29) is 13.1 Å². The molecule has 0 aromatic carbocycles. The third-order valence-corrected chi connectivity index (χ3v) is 2.92. The summed E-state index contributed by atoms with van der Waals surface area (Å²) in [5.41, 5.74) is -0.698. The van der Waals surface area contributed by atoms with Gasteiger partial charge in [0.05, 0.1) is 13.1 Å². The summed E-state index contributed by atoms with van der Waals surface area (Å²) in [5, 5.41) is 3.95. The molecule has 1 aliphatic rings. The van der Waals surface area contributed by atoms with Gasteiger partial charge in [-0.15, -0.1) is 0 Å². The number of hydrogen-bond acceptors (Lipinski definition) is 4. The highest BCUT2D eigenvalue weighted by Crippen LogP contribution is 2.34. The third-order valence-electron chi connectivity index (χ3n) is 2.92. The first-order valence-corrected chi connectivity index (χ1v) is 5.03. The van der Waals surface area contributed by atoms with Gasteiger partial charge in [-0.2, -0.15) is 5.10 Å². The van der Waals surface area contributed by atoms with E-state index in [1.165, 1.54) is 18.3 Å². The van der Waals surface area contributed by atoms with E-state index in [1.54, 1.807) is 11.7 Å². The minimum absolute atomic E-state index is 0.248. The van der Waals surface area contributed by atoms with Crippen molar-refractivity contribution < 1.29 is 13.9 Å². The molecule has 0 aliphatic carbocycles. The quantitative estimate of drug-likeness (QED) is 0.697. The van der Waals surface area contributed by atoms with Gasteiger partial charge in [-0.1, -0.05) is 6.58 Å². The number of rotatable bonds is 3. The van der Waals surface area contributed by atoms with Crippen LogP contribution in [0.5, 0.6) is 0 Å². The monoisotopic (exact) mass is 240 g/mol. The lowest BCUT2D eigenvalue weighted by atomic mass is 9.92. The van der Waals surface area contributed by atoms with Gasteiger partial charge < -0.3 is 9.64 Å². The number of nitrogens with zero attached hydrogens (tertiary/aromatic N) is 4. The third kappa shape index (κ3) is 1.72. The fourth-order valence-corrected chi connectivity index (χ4v) is 1.96. The molecule has 0 bridgehead atoms. The Morgan fingerprint density at radius 3 is 2.71 bits per heavy atom. The highest BCUT2D eigenvalue weighted by Gasteiger charge is 2.50. The Labute approximate surface area is 97.7 Å². The van der Waals surface area contributed by atoms with Crippen LogP contribution in [-0.2, 0) is 22.2 Å². The largest absolute Gasteiger partial charge is 0.366 e.